The van der Waals surface area contributed by atoms with Crippen molar-refractivity contribution in [2.24, 2.45) is 0 Å². The molecular weight excluding hydrogens is 504 g/mol. The molecule has 10 nitrogen and oxygen atoms in total. The summed E-state index contributed by atoms with van der Waals surface area (Å²) in [6, 6.07) is 7.07. The first kappa shape index (κ1) is 25.4. The van der Waals surface area contributed by atoms with E-state index in [2.05, 4.69) is 10.6 Å². The zero-order valence-corrected chi connectivity index (χ0v) is 22.3. The topological polar surface area (TPSA) is 131 Å². The van der Waals surface area contributed by atoms with Gasteiger partial charge in [-0.05, 0) is 43.1 Å². The van der Waals surface area contributed by atoms with Gasteiger partial charge in [0.2, 0.25) is 5.75 Å². The lowest BCUT2D eigenvalue weighted by Gasteiger charge is -2.39. The van der Waals surface area contributed by atoms with Gasteiger partial charge in [0.25, 0.3) is 0 Å². The molecule has 0 saturated carbocycles. The van der Waals surface area contributed by atoms with Gasteiger partial charge >= 0.3 is 0 Å². The third-order valence-corrected chi connectivity index (χ3v) is 7.89. The molecule has 206 valence electrons. The van der Waals surface area contributed by atoms with Crippen LogP contribution < -0.4 is 34.3 Å². The number of hydrogen-bond acceptors (Lipinski definition) is 10. The van der Waals surface area contributed by atoms with E-state index in [0.717, 1.165) is 33.5 Å². The zero-order chi connectivity index (χ0) is 27.4. The molecule has 3 aromatic rings. The number of ether oxygens (including phenoxy) is 5. The maximum Gasteiger partial charge on any atom is 0.200 e. The smallest absolute Gasteiger partial charge is 0.200 e. The molecule has 6 rings (SSSR count). The second-order valence-electron chi connectivity index (χ2n) is 9.86. The van der Waals surface area contributed by atoms with Crippen molar-refractivity contribution in [1.29, 1.82) is 0 Å². The molecule has 1 aliphatic carbocycles. The first-order valence-corrected chi connectivity index (χ1v) is 12.8. The second-order valence-corrected chi connectivity index (χ2v) is 9.86. The van der Waals surface area contributed by atoms with E-state index in [0.29, 0.717) is 41.2 Å². The number of aliphatic hydroxyl groups excluding tert-OH is 2. The SMILES string of the molecule is CNCOc1cc(OC)c2c3c1[C@@H](O)Nc1cc4c(c(c1-3)CC2)[C@@H](O)[C@H](c1cc(OC)c(O)c(OC)c1)CO4. The summed E-state index contributed by atoms with van der Waals surface area (Å²) in [6.45, 7) is 0.475. The van der Waals surface area contributed by atoms with Crippen molar-refractivity contribution in [3.05, 3.63) is 52.1 Å². The van der Waals surface area contributed by atoms with Crippen molar-refractivity contribution in [2.75, 3.05) is 47.0 Å². The number of aromatic hydroxyl groups is 1. The van der Waals surface area contributed by atoms with Crippen molar-refractivity contribution < 1.29 is 39.0 Å². The van der Waals surface area contributed by atoms with Gasteiger partial charge < -0.3 is 44.3 Å². The summed E-state index contributed by atoms with van der Waals surface area (Å²) in [5.41, 5.74) is 6.54. The first-order chi connectivity index (χ1) is 18.9. The molecule has 0 saturated heterocycles. The Morgan fingerprint density at radius 3 is 2.26 bits per heavy atom. The Balaban J connectivity index is 1.52. The van der Waals surface area contributed by atoms with E-state index >= 15 is 0 Å². The second kappa shape index (κ2) is 9.71. The lowest BCUT2D eigenvalue weighted by Crippen LogP contribution is -2.29. The third kappa shape index (κ3) is 3.82. The van der Waals surface area contributed by atoms with Gasteiger partial charge in [-0.25, -0.2) is 0 Å². The number of nitrogens with one attached hydrogen (secondary N) is 2. The van der Waals surface area contributed by atoms with E-state index < -0.39 is 18.2 Å². The molecule has 0 aromatic heterocycles. The minimum atomic E-state index is -0.994. The molecule has 0 fully saturated rings. The molecule has 0 bridgehead atoms. The predicted octanol–water partition coefficient (Wildman–Crippen LogP) is 3.37. The fourth-order valence-corrected chi connectivity index (χ4v) is 6.13. The minimum absolute atomic E-state index is 0.0986. The maximum atomic E-state index is 11.8. The van der Waals surface area contributed by atoms with Crippen molar-refractivity contribution in [3.8, 4) is 45.6 Å². The number of aliphatic hydroxyl groups is 2. The quantitative estimate of drug-likeness (QED) is 0.287. The van der Waals surface area contributed by atoms with Crippen LogP contribution in [0.1, 0.15) is 46.1 Å². The van der Waals surface area contributed by atoms with Crippen molar-refractivity contribution >= 4 is 5.69 Å². The Morgan fingerprint density at radius 2 is 1.59 bits per heavy atom. The lowest BCUT2D eigenvalue weighted by atomic mass is 9.74. The van der Waals surface area contributed by atoms with Gasteiger partial charge in [0.1, 0.15) is 24.0 Å². The van der Waals surface area contributed by atoms with E-state index in [9.17, 15) is 15.3 Å². The highest BCUT2D eigenvalue weighted by Crippen LogP contribution is 2.57. The van der Waals surface area contributed by atoms with Gasteiger partial charge in [0, 0.05) is 46.0 Å². The Kier molecular flexibility index (Phi) is 6.33. The zero-order valence-electron chi connectivity index (χ0n) is 22.3. The average Bonchev–Trinajstić information content (AvgIpc) is 2.95. The number of rotatable bonds is 7. The summed E-state index contributed by atoms with van der Waals surface area (Å²) in [5.74, 6) is 1.78. The van der Waals surface area contributed by atoms with Gasteiger partial charge in [0.05, 0.1) is 39.6 Å². The predicted molar refractivity (Wildman–Crippen MR) is 143 cm³/mol. The molecule has 2 aliphatic heterocycles. The van der Waals surface area contributed by atoms with Crippen LogP contribution in [0.5, 0.6) is 34.5 Å². The van der Waals surface area contributed by atoms with Crippen molar-refractivity contribution in [2.45, 2.75) is 31.1 Å². The number of benzene rings is 3. The van der Waals surface area contributed by atoms with Crippen LogP contribution in [0.25, 0.3) is 11.1 Å². The Labute approximate surface area is 226 Å². The molecular formula is C29H32N2O8. The molecule has 0 radical (unpaired) electrons. The number of phenols is 1. The van der Waals surface area contributed by atoms with Crippen molar-refractivity contribution in [1.82, 2.24) is 5.32 Å². The number of methoxy groups -OCH3 is 3. The summed E-state index contributed by atoms with van der Waals surface area (Å²) in [4.78, 5) is 0. The van der Waals surface area contributed by atoms with Crippen LogP contribution in [0, 0.1) is 0 Å². The monoisotopic (exact) mass is 536 g/mol. The summed E-state index contributed by atoms with van der Waals surface area (Å²) in [6.07, 6.45) is -0.578. The van der Waals surface area contributed by atoms with Gasteiger partial charge in [0.15, 0.2) is 17.7 Å². The summed E-state index contributed by atoms with van der Waals surface area (Å²) in [5, 5.41) is 39.6. The molecule has 10 heteroatoms. The summed E-state index contributed by atoms with van der Waals surface area (Å²) < 4.78 is 28.6. The molecule has 2 heterocycles. The third-order valence-electron chi connectivity index (χ3n) is 7.89. The van der Waals surface area contributed by atoms with Gasteiger partial charge in [-0.15, -0.1) is 0 Å². The molecule has 3 aromatic carbocycles. The van der Waals surface area contributed by atoms with Crippen LogP contribution in [0.2, 0.25) is 0 Å². The highest BCUT2D eigenvalue weighted by atomic mass is 16.5. The van der Waals surface area contributed by atoms with E-state index in [1.807, 2.05) is 12.1 Å². The van der Waals surface area contributed by atoms with E-state index in [-0.39, 0.29) is 30.6 Å². The van der Waals surface area contributed by atoms with Crippen LogP contribution in [0.4, 0.5) is 5.69 Å². The molecule has 0 amide bonds. The summed E-state index contributed by atoms with van der Waals surface area (Å²) >= 11 is 0. The number of anilines is 1. The normalized spacial score (nSPS) is 20.2. The van der Waals surface area contributed by atoms with Crippen LogP contribution >= 0.6 is 0 Å². The van der Waals surface area contributed by atoms with E-state index in [4.69, 9.17) is 23.7 Å². The average molecular weight is 537 g/mol. The van der Waals surface area contributed by atoms with Gasteiger partial charge in [-0.3, -0.25) is 5.32 Å². The Bertz CT molecular complexity index is 1430. The van der Waals surface area contributed by atoms with Crippen LogP contribution in [-0.4, -0.2) is 57.0 Å². The standard InChI is InChI=1S/C29H32N2O8/c1-30-12-39-20-10-18(35-2)14-5-6-15-23-17(31-29(34)26(20)25(14)23)9-19-24(15)27(32)16(11-38-19)13-7-21(36-3)28(33)22(8-13)37-4/h7-10,16,27,29-34H,5-6,11-12H2,1-4H3/t16-,27-,29+/m0/s1. The Morgan fingerprint density at radius 1 is 0.897 bits per heavy atom. The lowest BCUT2D eigenvalue weighted by molar-refractivity contribution is 0.0878. The fourth-order valence-electron chi connectivity index (χ4n) is 6.13. The Hall–Kier alpha value is -3.86. The number of phenolic OH excluding ortho intramolecular Hbond substituents is 1. The van der Waals surface area contributed by atoms with Gasteiger partial charge in [-0.1, -0.05) is 0 Å². The molecule has 3 aliphatic rings. The maximum absolute atomic E-state index is 11.8. The van der Waals surface area contributed by atoms with Gasteiger partial charge in [-0.2, -0.15) is 0 Å². The van der Waals surface area contributed by atoms with Crippen LogP contribution in [0.15, 0.2) is 24.3 Å². The van der Waals surface area contributed by atoms with Crippen molar-refractivity contribution in [3.63, 3.8) is 0 Å². The summed E-state index contributed by atoms with van der Waals surface area (Å²) in [7, 11) is 6.35. The highest BCUT2D eigenvalue weighted by molar-refractivity contribution is 5.93. The fraction of sp³-hybridized carbons (Fsp3) is 0.379. The molecule has 5 N–H and O–H groups in total. The largest absolute Gasteiger partial charge is 0.502 e. The minimum Gasteiger partial charge on any atom is -0.502 e. The molecule has 0 unspecified atom stereocenters. The van der Waals surface area contributed by atoms with Crippen LogP contribution in [-0.2, 0) is 12.8 Å². The first-order valence-electron chi connectivity index (χ1n) is 12.8. The molecule has 39 heavy (non-hydrogen) atoms. The molecule has 0 spiro atoms. The number of fused-ring (bicyclic) bond motifs is 2. The van der Waals surface area contributed by atoms with E-state index in [1.165, 1.54) is 14.2 Å². The molecule has 3 atom stereocenters. The highest BCUT2D eigenvalue weighted by Gasteiger charge is 2.41. The number of hydrogen-bond donors (Lipinski definition) is 5. The van der Waals surface area contributed by atoms with E-state index in [1.54, 1.807) is 26.3 Å². The van der Waals surface area contributed by atoms with Crippen LogP contribution in [0.3, 0.4) is 0 Å².